The van der Waals surface area contributed by atoms with Gasteiger partial charge in [-0.3, -0.25) is 0 Å². The summed E-state index contributed by atoms with van der Waals surface area (Å²) in [6.45, 7) is 1.80. The molecule has 0 radical (unpaired) electrons. The zero-order valence-corrected chi connectivity index (χ0v) is 15.4. The van der Waals surface area contributed by atoms with Gasteiger partial charge in [0.25, 0.3) is 10.0 Å². The maximum Gasteiger partial charge on any atom is 0.264 e. The third-order valence-electron chi connectivity index (χ3n) is 4.32. The van der Waals surface area contributed by atoms with Crippen molar-refractivity contribution < 1.29 is 13.0 Å². The fraction of sp³-hybridized carbons (Fsp3) is 0.467. The molecule has 0 atom stereocenters. The van der Waals surface area contributed by atoms with Crippen LogP contribution in [0.2, 0.25) is 10.0 Å². The van der Waals surface area contributed by atoms with Gasteiger partial charge >= 0.3 is 0 Å². The highest BCUT2D eigenvalue weighted by Gasteiger charge is 2.42. The Labute approximate surface area is 150 Å². The van der Waals surface area contributed by atoms with Gasteiger partial charge in [0.1, 0.15) is 5.69 Å². The van der Waals surface area contributed by atoms with Crippen LogP contribution >= 0.6 is 23.2 Å². The number of hydrogen-bond donors (Lipinski definition) is 1. The van der Waals surface area contributed by atoms with Gasteiger partial charge in [0.2, 0.25) is 5.03 Å². The lowest BCUT2D eigenvalue weighted by atomic mass is 9.74. The first-order valence-electron chi connectivity index (χ1n) is 7.64. The van der Waals surface area contributed by atoms with Crippen LogP contribution in [0.15, 0.2) is 27.9 Å². The summed E-state index contributed by atoms with van der Waals surface area (Å²) in [5.74, 6) is 0. The molecule has 130 valence electrons. The quantitative estimate of drug-likeness (QED) is 0.817. The highest BCUT2D eigenvalue weighted by Crippen LogP contribution is 2.38. The summed E-state index contributed by atoms with van der Waals surface area (Å²) in [5, 5.41) is 8.14. The number of nitrogens with zero attached hydrogens (tertiary/aromatic N) is 2. The van der Waals surface area contributed by atoms with Crippen LogP contribution in [-0.4, -0.2) is 24.3 Å². The van der Waals surface area contributed by atoms with Crippen molar-refractivity contribution in [2.24, 2.45) is 0 Å². The number of halogens is 2. The molecule has 1 aliphatic rings. The van der Waals surface area contributed by atoms with Crippen LogP contribution in [0.3, 0.4) is 0 Å². The van der Waals surface area contributed by atoms with E-state index in [1.54, 1.807) is 19.1 Å². The Morgan fingerprint density at radius 3 is 2.62 bits per heavy atom. The van der Waals surface area contributed by atoms with Crippen molar-refractivity contribution in [2.45, 2.75) is 49.6 Å². The summed E-state index contributed by atoms with van der Waals surface area (Å²) >= 11 is 12.2. The number of aromatic nitrogens is 2. The molecule has 1 aromatic carbocycles. The Morgan fingerprint density at radius 2 is 2.04 bits per heavy atom. The van der Waals surface area contributed by atoms with Crippen molar-refractivity contribution in [3.05, 3.63) is 39.5 Å². The predicted octanol–water partition coefficient (Wildman–Crippen LogP) is 3.38. The van der Waals surface area contributed by atoms with Gasteiger partial charge in [-0.1, -0.05) is 41.3 Å². The molecule has 1 N–H and O–H groups in total. The minimum atomic E-state index is -3.81. The Balaban J connectivity index is 1.86. The van der Waals surface area contributed by atoms with Crippen molar-refractivity contribution >= 4 is 33.2 Å². The Bertz CT molecular complexity index is 847. The summed E-state index contributed by atoms with van der Waals surface area (Å²) in [6, 6.07) is 5.24. The molecule has 1 aliphatic carbocycles. The normalized spacial score (nSPS) is 16.8. The number of hydrogen-bond acceptors (Lipinski definition) is 5. The Hall–Kier alpha value is -1.15. The highest BCUT2D eigenvalue weighted by molar-refractivity contribution is 7.89. The summed E-state index contributed by atoms with van der Waals surface area (Å²) < 4.78 is 32.7. The molecule has 1 saturated carbocycles. The lowest BCUT2D eigenvalue weighted by Gasteiger charge is -2.42. The van der Waals surface area contributed by atoms with E-state index in [1.165, 1.54) is 0 Å². The van der Waals surface area contributed by atoms with Crippen molar-refractivity contribution in [1.29, 1.82) is 0 Å². The van der Waals surface area contributed by atoms with E-state index in [1.807, 2.05) is 6.07 Å². The average Bonchev–Trinajstić information content (AvgIpc) is 2.97. The minimum absolute atomic E-state index is 0.140. The molecule has 0 unspecified atom stereocenters. The molecule has 24 heavy (non-hydrogen) atoms. The number of benzene rings is 1. The van der Waals surface area contributed by atoms with E-state index in [4.69, 9.17) is 23.2 Å². The Morgan fingerprint density at radius 1 is 1.29 bits per heavy atom. The second-order valence-corrected chi connectivity index (χ2v) is 8.46. The topological polar surface area (TPSA) is 85.1 Å². The second-order valence-electron chi connectivity index (χ2n) is 6.02. The molecule has 0 amide bonds. The van der Waals surface area contributed by atoms with Crippen LogP contribution in [0, 0.1) is 0 Å². The molecule has 1 heterocycles. The summed E-state index contributed by atoms with van der Waals surface area (Å²) in [4.78, 5) is 0. The monoisotopic (exact) mass is 389 g/mol. The van der Waals surface area contributed by atoms with E-state index in [0.717, 1.165) is 24.8 Å². The van der Waals surface area contributed by atoms with Crippen molar-refractivity contribution in [3.8, 4) is 0 Å². The van der Waals surface area contributed by atoms with Gasteiger partial charge in [-0.25, -0.2) is 17.8 Å². The van der Waals surface area contributed by atoms with Crippen LogP contribution in [0.25, 0.3) is 0 Å². The third-order valence-corrected chi connectivity index (χ3v) is 6.42. The number of nitrogens with one attached hydrogen (secondary N) is 1. The van der Waals surface area contributed by atoms with Gasteiger partial charge in [0.15, 0.2) is 0 Å². The molecule has 0 spiro atoms. The smallest absolute Gasteiger partial charge is 0.243 e. The van der Waals surface area contributed by atoms with Gasteiger partial charge in [0.05, 0.1) is 0 Å². The van der Waals surface area contributed by atoms with E-state index in [-0.39, 0.29) is 5.03 Å². The molecule has 6 nitrogen and oxygen atoms in total. The molecular formula is C15H17Cl2N3O3S. The predicted molar refractivity (Wildman–Crippen MR) is 90.7 cm³/mol. The molecule has 3 rings (SSSR count). The minimum Gasteiger partial charge on any atom is -0.243 e. The van der Waals surface area contributed by atoms with E-state index < -0.39 is 15.6 Å². The van der Waals surface area contributed by atoms with Crippen LogP contribution in [0.1, 0.15) is 37.4 Å². The van der Waals surface area contributed by atoms with Gasteiger partial charge in [-0.2, -0.15) is 0 Å². The largest absolute Gasteiger partial charge is 0.264 e. The molecule has 1 fully saturated rings. The average molecular weight is 390 g/mol. The molecule has 1 aromatic heterocycles. The molecule has 0 saturated heterocycles. The fourth-order valence-corrected chi connectivity index (χ4v) is 4.94. The number of sulfonamides is 1. The van der Waals surface area contributed by atoms with Crippen LogP contribution < -0.4 is 4.72 Å². The second kappa shape index (κ2) is 6.63. The first kappa shape index (κ1) is 17.7. The Kier molecular flexibility index (Phi) is 4.88. The molecule has 0 aliphatic heterocycles. The molecule has 2 aromatic rings. The molecule has 9 heteroatoms. The van der Waals surface area contributed by atoms with Crippen molar-refractivity contribution in [2.75, 3.05) is 0 Å². The zero-order valence-electron chi connectivity index (χ0n) is 13.1. The summed E-state index contributed by atoms with van der Waals surface area (Å²) in [6.07, 6.45) is 3.34. The SMILES string of the molecule is CCc1nonc1S(=O)(=O)NC1(Cc2ccc(Cl)cc2Cl)CCC1. The van der Waals surface area contributed by atoms with E-state index >= 15 is 0 Å². The summed E-state index contributed by atoms with van der Waals surface area (Å²) in [5.41, 5.74) is 0.610. The molecular weight excluding hydrogens is 373 g/mol. The standard InChI is InChI=1S/C15H17Cl2N3O3S/c1-2-13-14(19-23-18-13)24(21,22)20-15(6-3-7-15)9-10-4-5-11(16)8-12(10)17/h4-5,8,20H,2-3,6-7,9H2,1H3. The first-order valence-corrected chi connectivity index (χ1v) is 9.88. The number of aryl methyl sites for hydroxylation is 1. The maximum atomic E-state index is 12.7. The zero-order chi connectivity index (χ0) is 17.4. The van der Waals surface area contributed by atoms with Crippen LogP contribution in [-0.2, 0) is 22.9 Å². The van der Waals surface area contributed by atoms with Gasteiger partial charge in [-0.15, -0.1) is 0 Å². The van der Waals surface area contributed by atoms with Crippen LogP contribution in [0.4, 0.5) is 0 Å². The van der Waals surface area contributed by atoms with Crippen molar-refractivity contribution in [1.82, 2.24) is 15.0 Å². The number of rotatable bonds is 6. The summed E-state index contributed by atoms with van der Waals surface area (Å²) in [7, 11) is -3.81. The van der Waals surface area contributed by atoms with Crippen molar-refractivity contribution in [3.63, 3.8) is 0 Å². The van der Waals surface area contributed by atoms with E-state index in [0.29, 0.717) is 28.6 Å². The highest BCUT2D eigenvalue weighted by atomic mass is 35.5. The van der Waals surface area contributed by atoms with Crippen LogP contribution in [0.5, 0.6) is 0 Å². The van der Waals surface area contributed by atoms with Gasteiger partial charge in [0, 0.05) is 15.6 Å². The lowest BCUT2D eigenvalue weighted by molar-refractivity contribution is 0.219. The van der Waals surface area contributed by atoms with E-state index in [9.17, 15) is 8.42 Å². The maximum absolute atomic E-state index is 12.7. The van der Waals surface area contributed by atoms with Gasteiger partial charge in [-0.05, 0) is 55.0 Å². The van der Waals surface area contributed by atoms with E-state index in [2.05, 4.69) is 19.7 Å². The fourth-order valence-electron chi connectivity index (χ4n) is 2.90. The first-order chi connectivity index (χ1) is 11.4. The van der Waals surface area contributed by atoms with Gasteiger partial charge < -0.3 is 0 Å². The molecule has 0 bridgehead atoms. The lowest BCUT2D eigenvalue weighted by Crippen LogP contribution is -2.55. The third kappa shape index (κ3) is 3.44.